The minimum absolute atomic E-state index is 0.951. The highest BCUT2D eigenvalue weighted by molar-refractivity contribution is 9.09. The molecule has 0 unspecified atom stereocenters. The molecule has 0 bridgehead atoms. The Kier molecular flexibility index (Phi) is 2.95. The van der Waals surface area contributed by atoms with Gasteiger partial charge in [0.25, 0.3) is 0 Å². The smallest absolute Gasteiger partial charge is 0.206 e. The average Bonchev–Trinajstić information content (AvgIpc) is 2.57. The number of halogens is 1. The number of benzene rings is 1. The van der Waals surface area contributed by atoms with Gasteiger partial charge < -0.3 is 9.47 Å². The van der Waals surface area contributed by atoms with E-state index in [2.05, 4.69) is 50.5 Å². The van der Waals surface area contributed by atoms with Gasteiger partial charge in [0, 0.05) is 26.0 Å². The lowest BCUT2D eigenvalue weighted by Crippen LogP contribution is -2.22. The Morgan fingerprint density at radius 1 is 1.40 bits per heavy atom. The highest BCUT2D eigenvalue weighted by atomic mass is 79.9. The molecular weight excluding hydrogens is 254 g/mol. The number of aryl methyl sites for hydroxylation is 1. The van der Waals surface area contributed by atoms with E-state index >= 15 is 0 Å². The van der Waals surface area contributed by atoms with Crippen molar-refractivity contribution in [1.82, 2.24) is 9.55 Å². The molecule has 15 heavy (non-hydrogen) atoms. The number of hydrogen-bond acceptors (Lipinski definition) is 2. The molecule has 0 aliphatic heterocycles. The Balaban J connectivity index is 2.48. The summed E-state index contributed by atoms with van der Waals surface area (Å²) in [4.78, 5) is 6.75. The number of hydrogen-bond donors (Lipinski definition) is 0. The molecule has 0 atom stereocenters. The Labute approximate surface area is 97.8 Å². The van der Waals surface area contributed by atoms with Gasteiger partial charge in [0.2, 0.25) is 5.95 Å². The van der Waals surface area contributed by atoms with Crippen LogP contribution >= 0.6 is 15.9 Å². The second kappa shape index (κ2) is 4.23. The molecule has 0 saturated heterocycles. The molecular formula is C11H14BrN3. The first kappa shape index (κ1) is 10.5. The fraction of sp³-hybridized carbons (Fsp3) is 0.364. The molecule has 2 aromatic rings. The summed E-state index contributed by atoms with van der Waals surface area (Å²) in [6, 6.07) is 8.19. The van der Waals surface area contributed by atoms with Crippen molar-refractivity contribution in [1.29, 1.82) is 0 Å². The van der Waals surface area contributed by atoms with E-state index in [1.165, 1.54) is 5.52 Å². The first-order valence-corrected chi connectivity index (χ1v) is 6.04. The predicted octanol–water partition coefficient (Wildman–Crippen LogP) is 2.40. The summed E-state index contributed by atoms with van der Waals surface area (Å²) in [5.74, 6) is 1.01. The van der Waals surface area contributed by atoms with Crippen LogP contribution in [0.1, 0.15) is 0 Å². The van der Waals surface area contributed by atoms with Crippen molar-refractivity contribution >= 4 is 32.9 Å². The first-order valence-electron chi connectivity index (χ1n) is 4.92. The van der Waals surface area contributed by atoms with Crippen LogP contribution in [-0.2, 0) is 7.05 Å². The third-order valence-electron chi connectivity index (χ3n) is 2.52. The summed E-state index contributed by atoms with van der Waals surface area (Å²) in [7, 11) is 4.11. The van der Waals surface area contributed by atoms with Crippen LogP contribution < -0.4 is 4.90 Å². The number of alkyl halides is 1. The van der Waals surface area contributed by atoms with Crippen molar-refractivity contribution < 1.29 is 0 Å². The minimum Gasteiger partial charge on any atom is -0.344 e. The normalized spacial score (nSPS) is 10.9. The van der Waals surface area contributed by atoms with Crippen molar-refractivity contribution in [3.63, 3.8) is 0 Å². The van der Waals surface area contributed by atoms with Crippen molar-refractivity contribution in [3.05, 3.63) is 24.3 Å². The quantitative estimate of drug-likeness (QED) is 0.797. The number of rotatable bonds is 3. The van der Waals surface area contributed by atoms with Gasteiger partial charge in [-0.25, -0.2) is 4.98 Å². The van der Waals surface area contributed by atoms with Gasteiger partial charge in [0.15, 0.2) is 0 Å². The van der Waals surface area contributed by atoms with E-state index in [1.807, 2.05) is 18.2 Å². The Hall–Kier alpha value is -1.03. The van der Waals surface area contributed by atoms with Crippen LogP contribution in [0.25, 0.3) is 11.0 Å². The number of anilines is 1. The minimum atomic E-state index is 0.951. The Morgan fingerprint density at radius 2 is 2.13 bits per heavy atom. The van der Waals surface area contributed by atoms with E-state index in [0.717, 1.165) is 23.3 Å². The van der Waals surface area contributed by atoms with Gasteiger partial charge >= 0.3 is 0 Å². The summed E-state index contributed by atoms with van der Waals surface area (Å²) in [6.07, 6.45) is 0. The molecule has 2 rings (SSSR count). The van der Waals surface area contributed by atoms with Crippen LogP contribution in [0.4, 0.5) is 5.95 Å². The van der Waals surface area contributed by atoms with Gasteiger partial charge in [-0.15, -0.1) is 0 Å². The van der Waals surface area contributed by atoms with E-state index in [-0.39, 0.29) is 0 Å². The van der Waals surface area contributed by atoms with Crippen LogP contribution in [0.2, 0.25) is 0 Å². The average molecular weight is 268 g/mol. The van der Waals surface area contributed by atoms with Crippen LogP contribution in [-0.4, -0.2) is 28.5 Å². The molecule has 0 radical (unpaired) electrons. The second-order valence-corrected chi connectivity index (χ2v) is 4.36. The molecule has 1 aromatic carbocycles. The SMILES string of the molecule is CN(CCBr)c1nc2ccccc2n1C. The molecule has 0 amide bonds. The summed E-state index contributed by atoms with van der Waals surface area (Å²) < 4.78 is 2.12. The number of fused-ring (bicyclic) bond motifs is 1. The van der Waals surface area contributed by atoms with Crippen molar-refractivity contribution in [2.45, 2.75) is 0 Å². The molecule has 3 nitrogen and oxygen atoms in total. The van der Waals surface area contributed by atoms with Crippen LogP contribution in [0, 0.1) is 0 Å². The molecule has 1 heterocycles. The lowest BCUT2D eigenvalue weighted by molar-refractivity contribution is 0.846. The van der Waals surface area contributed by atoms with Crippen molar-refractivity contribution in [3.8, 4) is 0 Å². The summed E-state index contributed by atoms with van der Waals surface area (Å²) in [6.45, 7) is 0.956. The van der Waals surface area contributed by atoms with Gasteiger partial charge in [-0.1, -0.05) is 28.1 Å². The second-order valence-electron chi connectivity index (χ2n) is 3.57. The molecule has 0 aliphatic carbocycles. The van der Waals surface area contributed by atoms with E-state index in [4.69, 9.17) is 0 Å². The first-order chi connectivity index (χ1) is 7.24. The standard InChI is InChI=1S/C11H14BrN3/c1-14(8-7-12)11-13-9-5-3-4-6-10(9)15(11)2/h3-6H,7-8H2,1-2H3. The number of para-hydroxylation sites is 2. The van der Waals surface area contributed by atoms with Crippen LogP contribution in [0.5, 0.6) is 0 Å². The van der Waals surface area contributed by atoms with Crippen LogP contribution in [0.15, 0.2) is 24.3 Å². The molecule has 1 aromatic heterocycles. The van der Waals surface area contributed by atoms with Crippen LogP contribution in [0.3, 0.4) is 0 Å². The lowest BCUT2D eigenvalue weighted by Gasteiger charge is -2.16. The van der Waals surface area contributed by atoms with Gasteiger partial charge in [0.1, 0.15) is 0 Å². The zero-order valence-corrected chi connectivity index (χ0v) is 10.5. The van der Waals surface area contributed by atoms with Crippen molar-refractivity contribution in [2.24, 2.45) is 7.05 Å². The fourth-order valence-electron chi connectivity index (χ4n) is 1.70. The fourth-order valence-corrected chi connectivity index (χ4v) is 2.23. The maximum Gasteiger partial charge on any atom is 0.206 e. The summed E-state index contributed by atoms with van der Waals surface area (Å²) in [5.41, 5.74) is 2.23. The van der Waals surface area contributed by atoms with E-state index in [1.54, 1.807) is 0 Å². The highest BCUT2D eigenvalue weighted by Gasteiger charge is 2.10. The van der Waals surface area contributed by atoms with Gasteiger partial charge in [-0.3, -0.25) is 0 Å². The maximum absolute atomic E-state index is 4.60. The van der Waals surface area contributed by atoms with E-state index < -0.39 is 0 Å². The summed E-state index contributed by atoms with van der Waals surface area (Å²) >= 11 is 3.44. The van der Waals surface area contributed by atoms with Crippen molar-refractivity contribution in [2.75, 3.05) is 23.8 Å². The van der Waals surface area contributed by atoms with Gasteiger partial charge in [0.05, 0.1) is 11.0 Å². The molecule has 0 N–H and O–H groups in total. The lowest BCUT2D eigenvalue weighted by atomic mass is 10.3. The maximum atomic E-state index is 4.60. The topological polar surface area (TPSA) is 21.1 Å². The third-order valence-corrected chi connectivity index (χ3v) is 2.88. The highest BCUT2D eigenvalue weighted by Crippen LogP contribution is 2.19. The number of aromatic nitrogens is 2. The molecule has 0 spiro atoms. The van der Waals surface area contributed by atoms with E-state index in [0.29, 0.717) is 0 Å². The third kappa shape index (κ3) is 1.86. The zero-order valence-electron chi connectivity index (χ0n) is 8.94. The number of imidazole rings is 1. The molecule has 0 aliphatic rings. The molecule has 0 saturated carbocycles. The molecule has 0 fully saturated rings. The van der Waals surface area contributed by atoms with E-state index in [9.17, 15) is 0 Å². The van der Waals surface area contributed by atoms with Gasteiger partial charge in [-0.2, -0.15) is 0 Å². The zero-order chi connectivity index (χ0) is 10.8. The Bertz CT molecular complexity index is 464. The predicted molar refractivity (Wildman–Crippen MR) is 67.8 cm³/mol. The monoisotopic (exact) mass is 267 g/mol. The largest absolute Gasteiger partial charge is 0.344 e. The number of nitrogens with zero attached hydrogens (tertiary/aromatic N) is 3. The van der Waals surface area contributed by atoms with Gasteiger partial charge in [-0.05, 0) is 12.1 Å². The molecule has 4 heteroatoms. The molecule has 80 valence electrons. The summed E-state index contributed by atoms with van der Waals surface area (Å²) in [5, 5.41) is 0.951. The Morgan fingerprint density at radius 3 is 2.80 bits per heavy atom.